The number of pyridine rings is 1. The number of benzene rings is 3. The summed E-state index contributed by atoms with van der Waals surface area (Å²) in [4.78, 5) is 29.4. The maximum Gasteiger partial charge on any atom is 0.256 e. The van der Waals surface area contributed by atoms with Crippen LogP contribution < -0.4 is 26.1 Å². The number of carbonyl (C=O) groups excluding carboxylic acids is 1. The van der Waals surface area contributed by atoms with Crippen LogP contribution in [0.1, 0.15) is 36.0 Å². The summed E-state index contributed by atoms with van der Waals surface area (Å²) in [6, 6.07) is 13.5. The van der Waals surface area contributed by atoms with E-state index in [1.54, 1.807) is 6.20 Å². The third-order valence-corrected chi connectivity index (χ3v) is 8.90. The smallest absolute Gasteiger partial charge is 0.256 e. The molecule has 3 aliphatic rings. The zero-order valence-corrected chi connectivity index (χ0v) is 23.1. The van der Waals surface area contributed by atoms with Crippen molar-refractivity contribution in [2.75, 3.05) is 45.1 Å². The van der Waals surface area contributed by atoms with E-state index in [0.717, 1.165) is 56.1 Å². The highest BCUT2D eigenvalue weighted by Crippen LogP contribution is 2.46. The second-order valence-electron chi connectivity index (χ2n) is 11.5. The summed E-state index contributed by atoms with van der Waals surface area (Å²) in [6.07, 6.45) is 5.67. The Balaban J connectivity index is 1.33. The summed E-state index contributed by atoms with van der Waals surface area (Å²) in [7, 11) is 2.10. The molecule has 212 valence electrons. The first-order valence-corrected chi connectivity index (χ1v) is 14.5. The lowest BCUT2D eigenvalue weighted by Crippen LogP contribution is -2.34. The van der Waals surface area contributed by atoms with Crippen LogP contribution in [0.15, 0.2) is 53.5 Å². The van der Waals surface area contributed by atoms with Crippen molar-refractivity contribution in [3.8, 4) is 17.2 Å². The van der Waals surface area contributed by atoms with Gasteiger partial charge in [0.1, 0.15) is 16.8 Å². The number of hydrogen-bond donors (Lipinski definition) is 3. The highest BCUT2D eigenvalue weighted by Gasteiger charge is 2.29. The van der Waals surface area contributed by atoms with Gasteiger partial charge in [-0.15, -0.1) is 0 Å². The molecule has 0 spiro atoms. The Labute approximate surface area is 237 Å². The van der Waals surface area contributed by atoms with E-state index in [0.29, 0.717) is 42.0 Å². The van der Waals surface area contributed by atoms with E-state index < -0.39 is 17.2 Å². The Morgan fingerprint density at radius 2 is 2.00 bits per heavy atom. The summed E-state index contributed by atoms with van der Waals surface area (Å²) < 4.78 is 23.9. The number of halogens is 1. The largest absolute Gasteiger partial charge is 0.451 e. The number of rotatable bonds is 7. The molecule has 0 radical (unpaired) electrons. The molecule has 2 atom stereocenters. The minimum Gasteiger partial charge on any atom is -0.451 e. The summed E-state index contributed by atoms with van der Waals surface area (Å²) in [5, 5.41) is 11.6. The molecule has 41 heavy (non-hydrogen) atoms. The number of nitrogens with zero attached hydrogens (tertiary/aromatic N) is 2. The van der Waals surface area contributed by atoms with E-state index in [-0.39, 0.29) is 22.4 Å². The van der Waals surface area contributed by atoms with Gasteiger partial charge in [-0.1, -0.05) is 24.3 Å². The van der Waals surface area contributed by atoms with Gasteiger partial charge < -0.3 is 30.2 Å². The van der Waals surface area contributed by atoms with E-state index in [1.807, 2.05) is 41.0 Å². The standard InChI is InChI=1S/C32H34FN5O3/c1-37-12-4-7-22(37)9-11-35-32(40)24-18-38-26-13-20-5-2-3-6-21(20)14-27(26)41-31-28(36-17-19-8-10-34-16-19)25(33)15-23(29(31)38)30(24)39/h2-3,5-6,13-15,18-19,22,34,36H,4,7-12,16-17H2,1H3,(H,35,40). The summed E-state index contributed by atoms with van der Waals surface area (Å²) in [6.45, 7) is 3.92. The number of carbonyl (C=O) groups is 1. The van der Waals surface area contributed by atoms with Crippen molar-refractivity contribution >= 4 is 33.3 Å². The lowest BCUT2D eigenvalue weighted by Gasteiger charge is -2.27. The Morgan fingerprint density at radius 3 is 2.76 bits per heavy atom. The molecule has 7 rings (SSSR count). The Kier molecular flexibility index (Phi) is 6.63. The third-order valence-electron chi connectivity index (χ3n) is 8.90. The first-order valence-electron chi connectivity index (χ1n) is 14.5. The average molecular weight is 556 g/mol. The Hall–Kier alpha value is -3.95. The molecule has 3 aromatic carbocycles. The van der Waals surface area contributed by atoms with Gasteiger partial charge in [-0.3, -0.25) is 9.59 Å². The first-order chi connectivity index (χ1) is 20.0. The van der Waals surface area contributed by atoms with Gasteiger partial charge in [-0.25, -0.2) is 4.39 Å². The maximum absolute atomic E-state index is 15.7. The van der Waals surface area contributed by atoms with Crippen LogP contribution in [-0.4, -0.2) is 61.2 Å². The van der Waals surface area contributed by atoms with Crippen molar-refractivity contribution in [2.24, 2.45) is 5.92 Å². The SMILES string of the molecule is CN1CCCC1CCNC(=O)c1cn2c3c(c(NCC4CCNC4)c(F)cc3c1=O)Oc1cc3ccccc3cc1-2. The Bertz CT molecular complexity index is 1730. The molecule has 1 aromatic heterocycles. The van der Waals surface area contributed by atoms with Gasteiger partial charge in [0.2, 0.25) is 5.43 Å². The number of aromatic nitrogens is 1. The van der Waals surface area contributed by atoms with E-state index in [1.165, 1.54) is 6.07 Å². The van der Waals surface area contributed by atoms with Crippen LogP contribution in [-0.2, 0) is 0 Å². The minimum atomic E-state index is -0.576. The van der Waals surface area contributed by atoms with Crippen LogP contribution in [0.3, 0.4) is 0 Å². The van der Waals surface area contributed by atoms with Gasteiger partial charge in [-0.05, 0) is 87.3 Å². The summed E-state index contributed by atoms with van der Waals surface area (Å²) in [5.41, 5.74) is 0.859. The van der Waals surface area contributed by atoms with Crippen molar-refractivity contribution < 1.29 is 13.9 Å². The molecule has 8 nitrogen and oxygen atoms in total. The molecule has 4 aromatic rings. The fraction of sp³-hybridized carbons (Fsp3) is 0.375. The van der Waals surface area contributed by atoms with E-state index in [2.05, 4.69) is 27.9 Å². The molecule has 2 unspecified atom stereocenters. The van der Waals surface area contributed by atoms with Crippen molar-refractivity contribution in [2.45, 2.75) is 31.7 Å². The second-order valence-corrected chi connectivity index (χ2v) is 11.5. The molecule has 0 saturated carbocycles. The van der Waals surface area contributed by atoms with E-state index >= 15 is 4.39 Å². The Morgan fingerprint density at radius 1 is 1.17 bits per heavy atom. The van der Waals surface area contributed by atoms with Gasteiger partial charge >= 0.3 is 0 Å². The fourth-order valence-electron chi connectivity index (χ4n) is 6.56. The van der Waals surface area contributed by atoms with Gasteiger partial charge in [0, 0.05) is 25.3 Å². The van der Waals surface area contributed by atoms with Crippen molar-refractivity contribution in [3.63, 3.8) is 0 Å². The zero-order chi connectivity index (χ0) is 28.1. The molecule has 0 bridgehead atoms. The topological polar surface area (TPSA) is 87.6 Å². The molecular weight excluding hydrogens is 521 g/mol. The quantitative estimate of drug-likeness (QED) is 0.272. The number of amides is 1. The van der Waals surface area contributed by atoms with Gasteiger partial charge in [0.25, 0.3) is 5.91 Å². The molecular formula is C32H34FN5O3. The summed E-state index contributed by atoms with van der Waals surface area (Å²) in [5.74, 6) is 0.144. The van der Waals surface area contributed by atoms with E-state index in [9.17, 15) is 9.59 Å². The number of fused-ring (bicyclic) bond motifs is 3. The van der Waals surface area contributed by atoms with Gasteiger partial charge in [-0.2, -0.15) is 0 Å². The van der Waals surface area contributed by atoms with Crippen molar-refractivity contribution in [1.82, 2.24) is 20.1 Å². The van der Waals surface area contributed by atoms with Crippen LogP contribution >= 0.6 is 0 Å². The minimum absolute atomic E-state index is 0.0126. The molecule has 0 aliphatic carbocycles. The number of anilines is 1. The average Bonchev–Trinajstić information content (AvgIpc) is 3.64. The van der Waals surface area contributed by atoms with Crippen LogP contribution in [0.2, 0.25) is 0 Å². The molecule has 9 heteroatoms. The van der Waals surface area contributed by atoms with Crippen molar-refractivity contribution in [3.05, 3.63) is 70.3 Å². The fourth-order valence-corrected chi connectivity index (χ4v) is 6.56. The number of likely N-dealkylation sites (tertiary alicyclic amines) is 1. The predicted octanol–water partition coefficient (Wildman–Crippen LogP) is 4.62. The molecule has 3 aliphatic heterocycles. The number of ether oxygens (including phenoxy) is 1. The molecule has 4 heterocycles. The highest BCUT2D eigenvalue weighted by molar-refractivity contribution is 6.02. The molecule has 2 fully saturated rings. The zero-order valence-electron chi connectivity index (χ0n) is 23.1. The van der Waals surface area contributed by atoms with Crippen molar-refractivity contribution in [1.29, 1.82) is 0 Å². The highest BCUT2D eigenvalue weighted by atomic mass is 19.1. The third kappa shape index (κ3) is 4.63. The lowest BCUT2D eigenvalue weighted by atomic mass is 10.0. The monoisotopic (exact) mass is 555 g/mol. The number of hydrogen-bond acceptors (Lipinski definition) is 6. The number of nitrogens with one attached hydrogen (secondary N) is 3. The normalized spacial score (nSPS) is 19.9. The van der Waals surface area contributed by atoms with Crippen LogP contribution in [0, 0.1) is 11.7 Å². The van der Waals surface area contributed by atoms with Gasteiger partial charge in [0.15, 0.2) is 17.3 Å². The van der Waals surface area contributed by atoms with Crippen LogP contribution in [0.4, 0.5) is 10.1 Å². The molecule has 1 amide bonds. The van der Waals surface area contributed by atoms with Crippen LogP contribution in [0.5, 0.6) is 11.5 Å². The molecule has 2 saturated heterocycles. The summed E-state index contributed by atoms with van der Waals surface area (Å²) >= 11 is 0. The van der Waals surface area contributed by atoms with Crippen LogP contribution in [0.25, 0.3) is 27.4 Å². The predicted molar refractivity (Wildman–Crippen MR) is 159 cm³/mol. The maximum atomic E-state index is 15.7. The van der Waals surface area contributed by atoms with Gasteiger partial charge in [0.05, 0.1) is 11.1 Å². The lowest BCUT2D eigenvalue weighted by molar-refractivity contribution is 0.0949. The molecule has 3 N–H and O–H groups in total. The second kappa shape index (κ2) is 10.5. The first kappa shape index (κ1) is 26.0. The van der Waals surface area contributed by atoms with E-state index in [4.69, 9.17) is 4.74 Å².